The molecular formula is C18H21FIN3O2. The Labute approximate surface area is 163 Å². The van der Waals surface area contributed by atoms with E-state index in [0.29, 0.717) is 17.5 Å². The van der Waals surface area contributed by atoms with E-state index in [4.69, 9.17) is 15.2 Å². The van der Waals surface area contributed by atoms with Crippen LogP contribution in [0.4, 0.5) is 10.1 Å². The molecule has 134 valence electrons. The normalized spacial score (nSPS) is 18.9. The molecule has 0 radical (unpaired) electrons. The number of nitrogens with one attached hydrogen (secondary N) is 1. The molecule has 5 nitrogen and oxygen atoms in total. The number of hydrogen-bond acceptors (Lipinski definition) is 3. The minimum absolute atomic E-state index is 0. The predicted molar refractivity (Wildman–Crippen MR) is 108 cm³/mol. The maximum absolute atomic E-state index is 13.3. The third kappa shape index (κ3) is 4.75. The molecule has 0 amide bonds. The molecule has 1 fully saturated rings. The molecular weight excluding hydrogens is 436 g/mol. The van der Waals surface area contributed by atoms with Crippen molar-refractivity contribution in [2.75, 3.05) is 19.5 Å². The Morgan fingerprint density at radius 2 is 1.92 bits per heavy atom. The number of rotatable bonds is 5. The highest BCUT2D eigenvalue weighted by Crippen LogP contribution is 2.43. The van der Waals surface area contributed by atoms with Gasteiger partial charge >= 0.3 is 0 Å². The van der Waals surface area contributed by atoms with E-state index >= 15 is 0 Å². The Morgan fingerprint density at radius 1 is 1.16 bits per heavy atom. The monoisotopic (exact) mass is 457 g/mol. The predicted octanol–water partition coefficient (Wildman–Crippen LogP) is 3.74. The van der Waals surface area contributed by atoms with Crippen LogP contribution in [0, 0.1) is 5.82 Å². The van der Waals surface area contributed by atoms with Gasteiger partial charge in [-0.05, 0) is 36.2 Å². The van der Waals surface area contributed by atoms with Gasteiger partial charge in [-0.2, -0.15) is 0 Å². The summed E-state index contributed by atoms with van der Waals surface area (Å²) in [5, 5.41) is 3.04. The molecule has 2 aromatic carbocycles. The fourth-order valence-corrected chi connectivity index (χ4v) is 2.69. The third-order valence-electron chi connectivity index (χ3n) is 3.99. The minimum Gasteiger partial charge on any atom is -0.493 e. The van der Waals surface area contributed by atoms with Crippen molar-refractivity contribution in [2.24, 2.45) is 10.7 Å². The molecule has 0 spiro atoms. The molecule has 2 atom stereocenters. The van der Waals surface area contributed by atoms with Crippen LogP contribution in [0.15, 0.2) is 47.5 Å². The van der Waals surface area contributed by atoms with Crippen molar-refractivity contribution in [3.8, 4) is 11.5 Å². The topological polar surface area (TPSA) is 68.9 Å². The minimum atomic E-state index is -0.224. The summed E-state index contributed by atoms with van der Waals surface area (Å²) in [7, 11) is 3.16. The lowest BCUT2D eigenvalue weighted by Crippen LogP contribution is -2.23. The van der Waals surface area contributed by atoms with Gasteiger partial charge in [-0.1, -0.05) is 12.1 Å². The zero-order valence-corrected chi connectivity index (χ0v) is 16.4. The number of halogens is 2. The average Bonchev–Trinajstić information content (AvgIpc) is 3.33. The van der Waals surface area contributed by atoms with Crippen LogP contribution >= 0.6 is 24.0 Å². The summed E-state index contributed by atoms with van der Waals surface area (Å²) in [6, 6.07) is 12.1. The van der Waals surface area contributed by atoms with Gasteiger partial charge in [0, 0.05) is 17.7 Å². The molecule has 7 heteroatoms. The number of hydrogen-bond donors (Lipinski definition) is 2. The molecule has 0 bridgehead atoms. The van der Waals surface area contributed by atoms with E-state index in [0.717, 1.165) is 17.7 Å². The first-order chi connectivity index (χ1) is 11.6. The molecule has 2 aromatic rings. The van der Waals surface area contributed by atoms with Gasteiger partial charge in [-0.25, -0.2) is 9.38 Å². The maximum atomic E-state index is 13.3. The van der Waals surface area contributed by atoms with Crippen LogP contribution in [0.1, 0.15) is 17.9 Å². The Hall–Kier alpha value is -2.03. The zero-order chi connectivity index (χ0) is 17.1. The van der Waals surface area contributed by atoms with Crippen molar-refractivity contribution >= 4 is 35.6 Å². The van der Waals surface area contributed by atoms with Crippen LogP contribution in [-0.4, -0.2) is 26.2 Å². The molecule has 25 heavy (non-hydrogen) atoms. The highest BCUT2D eigenvalue weighted by atomic mass is 127. The maximum Gasteiger partial charge on any atom is 0.193 e. The Bertz CT molecular complexity index is 770. The van der Waals surface area contributed by atoms with Gasteiger partial charge < -0.3 is 20.5 Å². The van der Waals surface area contributed by atoms with E-state index in [1.165, 1.54) is 6.07 Å². The van der Waals surface area contributed by atoms with Crippen molar-refractivity contribution in [2.45, 2.75) is 18.4 Å². The summed E-state index contributed by atoms with van der Waals surface area (Å²) in [6.45, 7) is 0. The van der Waals surface area contributed by atoms with Crippen molar-refractivity contribution in [3.05, 3.63) is 53.8 Å². The summed E-state index contributed by atoms with van der Waals surface area (Å²) < 4.78 is 23.7. The number of benzene rings is 2. The van der Waals surface area contributed by atoms with Crippen molar-refractivity contribution in [1.82, 2.24) is 0 Å². The lowest BCUT2D eigenvalue weighted by atomic mass is 10.1. The third-order valence-corrected chi connectivity index (χ3v) is 3.99. The van der Waals surface area contributed by atoms with E-state index < -0.39 is 0 Å². The largest absolute Gasteiger partial charge is 0.493 e. The molecule has 1 aliphatic rings. The van der Waals surface area contributed by atoms with Crippen LogP contribution in [0.2, 0.25) is 0 Å². The molecule has 3 rings (SSSR count). The first kappa shape index (κ1) is 19.3. The Morgan fingerprint density at radius 3 is 2.60 bits per heavy atom. The summed E-state index contributed by atoms with van der Waals surface area (Å²) in [5.41, 5.74) is 7.69. The SMILES string of the molecule is COc1ccc(NC(N)=N[C@@H]2C[C@H]2c2cccc(F)c2)cc1OC.I. The molecule has 0 heterocycles. The number of ether oxygens (including phenoxy) is 2. The highest BCUT2D eigenvalue weighted by molar-refractivity contribution is 14.0. The fourth-order valence-electron chi connectivity index (χ4n) is 2.69. The lowest BCUT2D eigenvalue weighted by molar-refractivity contribution is 0.355. The number of aliphatic imine (C=N–C) groups is 1. The second-order valence-electron chi connectivity index (χ2n) is 5.67. The first-order valence-electron chi connectivity index (χ1n) is 7.68. The second-order valence-corrected chi connectivity index (χ2v) is 5.67. The molecule has 0 unspecified atom stereocenters. The smallest absolute Gasteiger partial charge is 0.193 e. The summed E-state index contributed by atoms with van der Waals surface area (Å²) in [5.74, 6) is 1.59. The number of nitrogens with zero attached hydrogens (tertiary/aromatic N) is 1. The average molecular weight is 457 g/mol. The number of nitrogens with two attached hydrogens (primary N) is 1. The molecule has 1 saturated carbocycles. The molecule has 1 aliphatic carbocycles. The zero-order valence-electron chi connectivity index (χ0n) is 14.0. The van der Waals surface area contributed by atoms with Crippen molar-refractivity contribution in [3.63, 3.8) is 0 Å². The van der Waals surface area contributed by atoms with Crippen LogP contribution in [-0.2, 0) is 0 Å². The quantitative estimate of drug-likeness (QED) is 0.408. The summed E-state index contributed by atoms with van der Waals surface area (Å²) in [6.07, 6.45) is 0.873. The molecule has 3 N–H and O–H groups in total. The van der Waals surface area contributed by atoms with Crippen molar-refractivity contribution < 1.29 is 13.9 Å². The highest BCUT2D eigenvalue weighted by Gasteiger charge is 2.38. The molecule has 0 aromatic heterocycles. The van der Waals surface area contributed by atoms with E-state index in [9.17, 15) is 4.39 Å². The number of guanidine groups is 1. The van der Waals surface area contributed by atoms with E-state index in [1.54, 1.807) is 38.5 Å². The van der Waals surface area contributed by atoms with Crippen LogP contribution in [0.25, 0.3) is 0 Å². The summed E-state index contributed by atoms with van der Waals surface area (Å²) in [4.78, 5) is 4.46. The van der Waals surface area contributed by atoms with Gasteiger partial charge in [-0.3, -0.25) is 0 Å². The fraction of sp³-hybridized carbons (Fsp3) is 0.278. The van der Waals surface area contributed by atoms with Gasteiger partial charge in [0.05, 0.1) is 20.3 Å². The van der Waals surface area contributed by atoms with Gasteiger partial charge in [-0.15, -0.1) is 24.0 Å². The van der Waals surface area contributed by atoms with Crippen LogP contribution in [0.5, 0.6) is 11.5 Å². The van der Waals surface area contributed by atoms with Crippen LogP contribution in [0.3, 0.4) is 0 Å². The Balaban J connectivity index is 0.00000225. The summed E-state index contributed by atoms with van der Waals surface area (Å²) >= 11 is 0. The number of anilines is 1. The standard InChI is InChI=1S/C18H20FN3O2.HI/c1-23-16-7-6-13(9-17(16)24-2)21-18(20)22-15-10-14(15)11-4-3-5-12(19)8-11;/h3-9,14-15H,10H2,1-2H3,(H3,20,21,22);1H/t14-,15+;/m0./s1. The second kappa shape index (κ2) is 8.37. The number of methoxy groups -OCH3 is 2. The molecule has 0 aliphatic heterocycles. The Kier molecular flexibility index (Phi) is 6.46. The molecule has 0 saturated heterocycles. The first-order valence-corrected chi connectivity index (χ1v) is 7.68. The van der Waals surface area contributed by atoms with Crippen molar-refractivity contribution in [1.29, 1.82) is 0 Å². The van der Waals surface area contributed by atoms with Gasteiger partial charge in [0.2, 0.25) is 0 Å². The van der Waals surface area contributed by atoms with Gasteiger partial charge in [0.1, 0.15) is 5.82 Å². The van der Waals surface area contributed by atoms with Crippen LogP contribution < -0.4 is 20.5 Å². The lowest BCUT2D eigenvalue weighted by Gasteiger charge is -2.11. The van der Waals surface area contributed by atoms with Gasteiger partial charge in [0.25, 0.3) is 0 Å². The van der Waals surface area contributed by atoms with Gasteiger partial charge in [0.15, 0.2) is 17.5 Å². The van der Waals surface area contributed by atoms with E-state index in [1.807, 2.05) is 12.1 Å². The van der Waals surface area contributed by atoms with E-state index in [-0.39, 0.29) is 41.8 Å². The van der Waals surface area contributed by atoms with E-state index in [2.05, 4.69) is 10.3 Å².